The minimum Gasteiger partial charge on any atom is -0.274 e. The van der Waals surface area contributed by atoms with Crippen molar-refractivity contribution in [3.8, 4) is 0 Å². The third-order valence-electron chi connectivity index (χ3n) is 0.400. The van der Waals surface area contributed by atoms with Crippen molar-refractivity contribution in [3.63, 3.8) is 0 Å². The second-order valence-corrected chi connectivity index (χ2v) is 6.27. The molecule has 0 aliphatic rings. The molecule has 0 unspecified atom stereocenters. The molecule has 0 heterocycles. The van der Waals surface area contributed by atoms with Crippen molar-refractivity contribution in [2.75, 3.05) is 26.7 Å². The maximum Gasteiger partial charge on any atom is -0.0313 e. The normalized spacial score (nSPS) is 11.1. The fourth-order valence-corrected chi connectivity index (χ4v) is 3.60. The SMILES string of the molecule is CP(C)NP(C)C. The van der Waals surface area contributed by atoms with Crippen LogP contribution in [0.25, 0.3) is 0 Å². The van der Waals surface area contributed by atoms with Gasteiger partial charge in [-0.05, 0) is 42.8 Å². The number of hydrogen-bond donors (Lipinski definition) is 1. The molecule has 0 aliphatic carbocycles. The van der Waals surface area contributed by atoms with Gasteiger partial charge >= 0.3 is 0 Å². The van der Waals surface area contributed by atoms with Crippen LogP contribution in [0.15, 0.2) is 0 Å². The van der Waals surface area contributed by atoms with E-state index >= 15 is 0 Å². The summed E-state index contributed by atoms with van der Waals surface area (Å²) in [4.78, 5) is 3.44. The van der Waals surface area contributed by atoms with E-state index in [-0.39, 0.29) is 16.1 Å². The molecule has 0 rings (SSSR count). The van der Waals surface area contributed by atoms with E-state index in [0.717, 1.165) is 0 Å². The lowest BCUT2D eigenvalue weighted by Crippen LogP contribution is -1.93. The zero-order chi connectivity index (χ0) is 5.86. The van der Waals surface area contributed by atoms with Crippen LogP contribution in [0.2, 0.25) is 0 Å². The van der Waals surface area contributed by atoms with E-state index < -0.39 is 0 Å². The van der Waals surface area contributed by atoms with Crippen molar-refractivity contribution in [1.82, 2.24) is 4.86 Å². The van der Waals surface area contributed by atoms with E-state index in [2.05, 4.69) is 31.5 Å². The van der Waals surface area contributed by atoms with Gasteiger partial charge in [-0.1, -0.05) is 0 Å². The van der Waals surface area contributed by atoms with Gasteiger partial charge in [-0.2, -0.15) is 0 Å². The highest BCUT2D eigenvalue weighted by Gasteiger charge is 1.91. The summed E-state index contributed by atoms with van der Waals surface area (Å²) < 4.78 is 0. The minimum atomic E-state index is 0.139. The van der Waals surface area contributed by atoms with Gasteiger partial charge in [0.25, 0.3) is 0 Å². The number of nitrogens with one attached hydrogen (secondary N) is 1. The van der Waals surface area contributed by atoms with Crippen molar-refractivity contribution in [2.45, 2.75) is 0 Å². The molecule has 0 aromatic heterocycles. The molecule has 3 heteroatoms. The molecule has 7 heavy (non-hydrogen) atoms. The Kier molecular flexibility index (Phi) is 4.22. The molecule has 0 aliphatic heterocycles. The lowest BCUT2D eigenvalue weighted by atomic mass is 11.9. The fraction of sp³-hybridized carbons (Fsp3) is 1.00. The zero-order valence-corrected chi connectivity index (χ0v) is 7.18. The van der Waals surface area contributed by atoms with Crippen LogP contribution in [0, 0.1) is 0 Å². The zero-order valence-electron chi connectivity index (χ0n) is 5.39. The summed E-state index contributed by atoms with van der Waals surface area (Å²) in [6.07, 6.45) is 0. The van der Waals surface area contributed by atoms with E-state index in [4.69, 9.17) is 0 Å². The van der Waals surface area contributed by atoms with Crippen molar-refractivity contribution in [1.29, 1.82) is 0 Å². The van der Waals surface area contributed by atoms with Crippen LogP contribution >= 0.6 is 16.1 Å². The Morgan fingerprint density at radius 2 is 1.14 bits per heavy atom. The van der Waals surface area contributed by atoms with Crippen LogP contribution in [0.4, 0.5) is 0 Å². The number of rotatable bonds is 2. The second-order valence-electron chi connectivity index (χ2n) is 1.89. The third-order valence-corrected chi connectivity index (χ3v) is 3.60. The Morgan fingerprint density at radius 3 is 1.14 bits per heavy atom. The quantitative estimate of drug-likeness (QED) is 0.573. The fourth-order valence-electron chi connectivity index (χ4n) is 0.400. The summed E-state index contributed by atoms with van der Waals surface area (Å²) in [5.74, 6) is 0. The highest BCUT2D eigenvalue weighted by Crippen LogP contribution is 2.32. The molecule has 0 bridgehead atoms. The molecule has 0 spiro atoms. The van der Waals surface area contributed by atoms with Gasteiger partial charge in [0, 0.05) is 0 Å². The molecular formula is C4H13NP2. The van der Waals surface area contributed by atoms with Crippen molar-refractivity contribution < 1.29 is 0 Å². The molecule has 0 atom stereocenters. The minimum absolute atomic E-state index is 0.139. The van der Waals surface area contributed by atoms with E-state index in [1.807, 2.05) is 0 Å². The van der Waals surface area contributed by atoms with E-state index in [0.29, 0.717) is 0 Å². The molecule has 0 aromatic carbocycles. The Labute approximate surface area is 48.5 Å². The van der Waals surface area contributed by atoms with Gasteiger partial charge in [0.05, 0.1) is 0 Å². The second kappa shape index (κ2) is 3.78. The highest BCUT2D eigenvalue weighted by molar-refractivity contribution is 7.69. The first-order valence-corrected chi connectivity index (χ1v) is 6.71. The van der Waals surface area contributed by atoms with Gasteiger partial charge in [-0.3, -0.25) is 4.86 Å². The topological polar surface area (TPSA) is 12.0 Å². The van der Waals surface area contributed by atoms with Crippen molar-refractivity contribution in [3.05, 3.63) is 0 Å². The van der Waals surface area contributed by atoms with Crippen LogP contribution in [-0.2, 0) is 0 Å². The summed E-state index contributed by atoms with van der Waals surface area (Å²) >= 11 is 0. The lowest BCUT2D eigenvalue weighted by Gasteiger charge is -2.10. The van der Waals surface area contributed by atoms with Crippen LogP contribution < -0.4 is 4.86 Å². The average molecular weight is 137 g/mol. The summed E-state index contributed by atoms with van der Waals surface area (Å²) in [6.45, 7) is 8.94. The summed E-state index contributed by atoms with van der Waals surface area (Å²) in [5.41, 5.74) is 0. The molecular weight excluding hydrogens is 124 g/mol. The average Bonchev–Trinajstić information content (AvgIpc) is 1.27. The monoisotopic (exact) mass is 137 g/mol. The predicted octanol–water partition coefficient (Wildman–Crippen LogP) is 1.89. The first-order chi connectivity index (χ1) is 3.13. The summed E-state index contributed by atoms with van der Waals surface area (Å²) in [5, 5.41) is 0. The van der Waals surface area contributed by atoms with Gasteiger partial charge in [-0.15, -0.1) is 0 Å². The van der Waals surface area contributed by atoms with E-state index in [1.165, 1.54) is 0 Å². The molecule has 0 fully saturated rings. The molecule has 1 nitrogen and oxygen atoms in total. The van der Waals surface area contributed by atoms with Crippen LogP contribution in [0.1, 0.15) is 0 Å². The first-order valence-electron chi connectivity index (χ1n) is 2.24. The smallest absolute Gasteiger partial charge is 0.0313 e. The van der Waals surface area contributed by atoms with Crippen LogP contribution in [0.5, 0.6) is 0 Å². The van der Waals surface area contributed by atoms with Gasteiger partial charge in [0.15, 0.2) is 0 Å². The Morgan fingerprint density at radius 1 is 0.857 bits per heavy atom. The van der Waals surface area contributed by atoms with Gasteiger partial charge < -0.3 is 0 Å². The van der Waals surface area contributed by atoms with Gasteiger partial charge in [0.1, 0.15) is 0 Å². The third kappa shape index (κ3) is 6.82. The standard InChI is InChI=1S/C4H13NP2/c1-6(2)5-7(3)4/h5H,1-4H3. The van der Waals surface area contributed by atoms with E-state index in [1.54, 1.807) is 0 Å². The Hall–Kier alpha value is 0.820. The van der Waals surface area contributed by atoms with E-state index in [9.17, 15) is 0 Å². The molecule has 0 amide bonds. The Bertz CT molecular complexity index is 39.0. The van der Waals surface area contributed by atoms with Crippen LogP contribution in [0.3, 0.4) is 0 Å². The molecule has 0 aromatic rings. The van der Waals surface area contributed by atoms with Crippen molar-refractivity contribution >= 4 is 16.1 Å². The lowest BCUT2D eigenvalue weighted by molar-refractivity contribution is 1.61. The maximum absolute atomic E-state index is 3.44. The maximum atomic E-state index is 3.44. The molecule has 44 valence electrons. The number of hydrogen-bond acceptors (Lipinski definition) is 1. The molecule has 0 saturated heterocycles. The highest BCUT2D eigenvalue weighted by atomic mass is 31.2. The largest absolute Gasteiger partial charge is 0.274 e. The molecule has 1 N–H and O–H groups in total. The van der Waals surface area contributed by atoms with Gasteiger partial charge in [0.2, 0.25) is 0 Å². The molecule has 0 saturated carbocycles. The predicted molar refractivity (Wildman–Crippen MR) is 40.7 cm³/mol. The summed E-state index contributed by atoms with van der Waals surface area (Å²) in [6, 6.07) is 0. The van der Waals surface area contributed by atoms with Crippen LogP contribution in [-0.4, -0.2) is 26.7 Å². The van der Waals surface area contributed by atoms with Crippen molar-refractivity contribution in [2.24, 2.45) is 0 Å². The first kappa shape index (κ1) is 7.82. The summed E-state index contributed by atoms with van der Waals surface area (Å²) in [7, 11) is 0.278. The van der Waals surface area contributed by atoms with Gasteiger partial charge in [-0.25, -0.2) is 0 Å². The molecule has 0 radical (unpaired) electrons. The Balaban J connectivity index is 2.95.